The largest absolute Gasteiger partial charge is 0.496 e. The second-order valence-corrected chi connectivity index (χ2v) is 18.5. The van der Waals surface area contributed by atoms with Crippen LogP contribution in [0.2, 0.25) is 0 Å². The molecule has 1 saturated heterocycles. The molecule has 2 aromatic carbocycles. The van der Waals surface area contributed by atoms with Gasteiger partial charge >= 0.3 is 0 Å². The number of carbonyl (C=O) groups excluding carboxylic acids is 2. The Hall–Kier alpha value is -3.18. The number of methoxy groups -OCH3 is 1. The minimum Gasteiger partial charge on any atom is -0.496 e. The average Bonchev–Trinajstić information content (AvgIpc) is 3.76. The first-order valence-electron chi connectivity index (χ1n) is 21.1. The van der Waals surface area contributed by atoms with Gasteiger partial charge in [0.15, 0.2) is 0 Å². The molecule has 6 aliphatic rings. The van der Waals surface area contributed by atoms with Gasteiger partial charge in [-0.1, -0.05) is 58.2 Å². The van der Waals surface area contributed by atoms with E-state index >= 15 is 0 Å². The number of rotatable bonds is 13. The van der Waals surface area contributed by atoms with Gasteiger partial charge in [-0.3, -0.25) is 14.4 Å². The lowest BCUT2D eigenvalue weighted by Gasteiger charge is -2.62. The SMILES string of the molecule is COc1c(CN2O[C@@H](CO)[C@@H]([C@H](C)O)[C@H]2C(=O)N[C@H]2C[C@@H]3C[C@@H]([C@@H]2C)C3(C)C)cccc1-c1cc(C(=O)NCCC2CCC3CCCCC32)cc(N(C)C)c1. The molecule has 5 aliphatic carbocycles. The van der Waals surface area contributed by atoms with Crippen LogP contribution in [0.3, 0.4) is 0 Å². The molecule has 10 nitrogen and oxygen atoms in total. The van der Waals surface area contributed by atoms with E-state index in [1.807, 2.05) is 49.3 Å². The Kier molecular flexibility index (Phi) is 11.9. The minimum absolute atomic E-state index is 0.0501. The Morgan fingerprint density at radius 3 is 2.56 bits per heavy atom. The zero-order valence-electron chi connectivity index (χ0n) is 34.2. The van der Waals surface area contributed by atoms with Crippen molar-refractivity contribution < 1.29 is 29.4 Å². The first-order chi connectivity index (χ1) is 26.3. The van der Waals surface area contributed by atoms with Crippen molar-refractivity contribution in [2.45, 2.75) is 116 Å². The van der Waals surface area contributed by atoms with Gasteiger partial charge in [-0.25, -0.2) is 0 Å². The average molecular weight is 759 g/mol. The van der Waals surface area contributed by atoms with Crippen LogP contribution in [0.4, 0.5) is 5.69 Å². The number of benzene rings is 2. The van der Waals surface area contributed by atoms with Gasteiger partial charge in [-0.15, -0.1) is 0 Å². The quantitative estimate of drug-likeness (QED) is 0.185. The lowest BCUT2D eigenvalue weighted by atomic mass is 9.45. The van der Waals surface area contributed by atoms with Crippen molar-refractivity contribution in [3.63, 3.8) is 0 Å². The Morgan fingerprint density at radius 2 is 1.87 bits per heavy atom. The summed E-state index contributed by atoms with van der Waals surface area (Å²) in [6.45, 7) is 9.15. The highest BCUT2D eigenvalue weighted by atomic mass is 16.7. The molecule has 11 atom stereocenters. The summed E-state index contributed by atoms with van der Waals surface area (Å²) in [6.07, 6.45) is 9.64. The number of para-hydroxylation sites is 1. The Bertz CT molecular complexity index is 1700. The molecule has 55 heavy (non-hydrogen) atoms. The maximum Gasteiger partial charge on any atom is 0.251 e. The number of anilines is 1. The van der Waals surface area contributed by atoms with Crippen molar-refractivity contribution in [3.8, 4) is 16.9 Å². The number of aliphatic hydroxyl groups is 2. The molecule has 0 spiro atoms. The zero-order chi connectivity index (χ0) is 39.2. The highest BCUT2D eigenvalue weighted by Crippen LogP contribution is 2.61. The molecule has 1 aliphatic heterocycles. The molecule has 3 unspecified atom stereocenters. The monoisotopic (exact) mass is 758 g/mol. The number of hydroxylamine groups is 2. The fourth-order valence-corrected chi connectivity index (χ4v) is 11.7. The number of aliphatic hydroxyl groups excluding tert-OH is 2. The standard InChI is InChI=1S/C45H66N4O6/c1-26-37-22-33(45(37,3)4)23-38(26)47-44(53)41-40(27(2)51)39(25-50)55-49(41)24-30-12-10-14-36(42(30)54-7)31-19-32(21-34(20-31)48(5)6)43(52)46-18-17-29-16-15-28-11-8-9-13-35(28)29/h10,12,14,19-21,26-29,33,35,37-41,50-51H,8-9,11,13,15-18,22-25H2,1-7H3,(H,46,52)(H,47,53)/t26-,27-,28?,29?,33-,35?,37-,38-,39-,40+,41-/m0/s1. The lowest BCUT2D eigenvalue weighted by Crippen LogP contribution is -2.62. The predicted molar refractivity (Wildman–Crippen MR) is 215 cm³/mol. The van der Waals surface area contributed by atoms with Crippen LogP contribution in [-0.4, -0.2) is 85.7 Å². The summed E-state index contributed by atoms with van der Waals surface area (Å²) in [6, 6.07) is 11.1. The van der Waals surface area contributed by atoms with Crippen LogP contribution in [-0.2, 0) is 16.2 Å². The van der Waals surface area contributed by atoms with E-state index in [9.17, 15) is 19.8 Å². The fourth-order valence-electron chi connectivity index (χ4n) is 11.7. The topological polar surface area (TPSA) is 124 Å². The van der Waals surface area contributed by atoms with E-state index in [1.165, 1.54) is 44.9 Å². The number of hydrogen-bond donors (Lipinski definition) is 4. The summed E-state index contributed by atoms with van der Waals surface area (Å²) in [5.74, 6) is 3.64. The van der Waals surface area contributed by atoms with E-state index < -0.39 is 24.2 Å². The number of hydrogen-bond acceptors (Lipinski definition) is 8. The number of fused-ring (bicyclic) bond motifs is 3. The summed E-state index contributed by atoms with van der Waals surface area (Å²) in [7, 11) is 5.57. The summed E-state index contributed by atoms with van der Waals surface area (Å²) in [5, 5.41) is 29.6. The molecular formula is C45H66N4O6. The maximum atomic E-state index is 14.3. The van der Waals surface area contributed by atoms with Gasteiger partial charge in [0.25, 0.3) is 5.91 Å². The molecular weight excluding hydrogens is 693 g/mol. The van der Waals surface area contributed by atoms with Crippen molar-refractivity contribution in [3.05, 3.63) is 47.5 Å². The van der Waals surface area contributed by atoms with E-state index in [0.29, 0.717) is 46.9 Å². The van der Waals surface area contributed by atoms with Gasteiger partial charge in [0.1, 0.15) is 17.9 Å². The van der Waals surface area contributed by atoms with Crippen LogP contribution in [0, 0.1) is 46.8 Å². The molecule has 2 bridgehead atoms. The van der Waals surface area contributed by atoms with Crippen LogP contribution >= 0.6 is 0 Å². The van der Waals surface area contributed by atoms with E-state index in [4.69, 9.17) is 9.57 Å². The van der Waals surface area contributed by atoms with Crippen LogP contribution in [0.25, 0.3) is 11.1 Å². The van der Waals surface area contributed by atoms with Gasteiger partial charge in [-0.2, -0.15) is 5.06 Å². The van der Waals surface area contributed by atoms with Gasteiger partial charge in [0.05, 0.1) is 26.4 Å². The Balaban J connectivity index is 1.11. The highest BCUT2D eigenvalue weighted by Gasteiger charge is 2.57. The molecule has 302 valence electrons. The first kappa shape index (κ1) is 40.0. The molecule has 6 fully saturated rings. The number of carbonyl (C=O) groups is 2. The number of ether oxygens (including phenoxy) is 1. The van der Waals surface area contributed by atoms with Crippen molar-refractivity contribution in [2.24, 2.45) is 46.8 Å². The molecule has 1 heterocycles. The summed E-state index contributed by atoms with van der Waals surface area (Å²) in [4.78, 5) is 36.3. The highest BCUT2D eigenvalue weighted by molar-refractivity contribution is 5.97. The van der Waals surface area contributed by atoms with Crippen LogP contribution < -0.4 is 20.3 Å². The molecule has 2 amide bonds. The number of amides is 2. The van der Waals surface area contributed by atoms with Crippen LogP contribution in [0.5, 0.6) is 5.75 Å². The minimum atomic E-state index is -0.886. The molecule has 4 N–H and O–H groups in total. The summed E-state index contributed by atoms with van der Waals surface area (Å²) in [5.41, 5.74) is 4.23. The second-order valence-electron chi connectivity index (χ2n) is 18.5. The fraction of sp³-hybridized carbons (Fsp3) is 0.689. The molecule has 0 aromatic heterocycles. The molecule has 10 heteroatoms. The number of nitrogens with one attached hydrogen (secondary N) is 2. The molecule has 2 aromatic rings. The van der Waals surface area contributed by atoms with Gasteiger partial charge in [0, 0.05) is 55.0 Å². The zero-order valence-corrected chi connectivity index (χ0v) is 34.2. The Labute approximate surface area is 328 Å². The second kappa shape index (κ2) is 16.4. The molecule has 5 saturated carbocycles. The lowest BCUT2D eigenvalue weighted by molar-refractivity contribution is -0.183. The van der Waals surface area contributed by atoms with Crippen molar-refractivity contribution in [1.82, 2.24) is 15.7 Å². The molecule has 0 radical (unpaired) electrons. The van der Waals surface area contributed by atoms with Gasteiger partial charge < -0.3 is 30.5 Å². The van der Waals surface area contributed by atoms with E-state index in [1.54, 1.807) is 19.1 Å². The third kappa shape index (κ3) is 7.77. The number of nitrogens with zero attached hydrogens (tertiary/aromatic N) is 2. The van der Waals surface area contributed by atoms with Crippen LogP contribution in [0.15, 0.2) is 36.4 Å². The van der Waals surface area contributed by atoms with Crippen molar-refractivity contribution in [1.29, 1.82) is 0 Å². The van der Waals surface area contributed by atoms with Crippen LogP contribution in [0.1, 0.15) is 101 Å². The maximum absolute atomic E-state index is 14.3. The Morgan fingerprint density at radius 1 is 1.09 bits per heavy atom. The third-order valence-corrected chi connectivity index (χ3v) is 15.0. The smallest absolute Gasteiger partial charge is 0.251 e. The first-order valence-corrected chi connectivity index (χ1v) is 21.1. The van der Waals surface area contributed by atoms with Gasteiger partial charge in [-0.05, 0) is 110 Å². The summed E-state index contributed by atoms with van der Waals surface area (Å²) < 4.78 is 6.11. The van der Waals surface area contributed by atoms with E-state index in [0.717, 1.165) is 47.1 Å². The summed E-state index contributed by atoms with van der Waals surface area (Å²) >= 11 is 0. The van der Waals surface area contributed by atoms with Crippen molar-refractivity contribution >= 4 is 17.5 Å². The molecule has 8 rings (SSSR count). The van der Waals surface area contributed by atoms with E-state index in [2.05, 4.69) is 37.5 Å². The van der Waals surface area contributed by atoms with E-state index in [-0.39, 0.29) is 31.0 Å². The normalized spacial score (nSPS) is 33.0. The van der Waals surface area contributed by atoms with Crippen molar-refractivity contribution in [2.75, 3.05) is 39.3 Å². The predicted octanol–water partition coefficient (Wildman–Crippen LogP) is 6.43. The van der Waals surface area contributed by atoms with Gasteiger partial charge in [0.2, 0.25) is 5.91 Å². The third-order valence-electron chi connectivity index (χ3n) is 15.0.